The molecule has 1 spiro atoms. The number of hydrogen-bond donors (Lipinski definition) is 1. The van der Waals surface area contributed by atoms with Gasteiger partial charge in [-0.15, -0.1) is 0 Å². The van der Waals surface area contributed by atoms with Crippen molar-refractivity contribution in [1.29, 1.82) is 0 Å². The largest absolute Gasteiger partial charge is 0.325 e. The summed E-state index contributed by atoms with van der Waals surface area (Å²) in [6, 6.07) is 13.3. The predicted octanol–water partition coefficient (Wildman–Crippen LogP) is 2.62. The molecular formula is C20H18N4O2. The number of rotatable bonds is 2. The van der Waals surface area contributed by atoms with E-state index in [1.54, 1.807) is 0 Å². The summed E-state index contributed by atoms with van der Waals surface area (Å²) >= 11 is 0. The van der Waals surface area contributed by atoms with Crippen LogP contribution in [0.15, 0.2) is 54.9 Å². The molecule has 1 fully saturated rings. The Labute approximate surface area is 150 Å². The number of pyridine rings is 1. The second-order valence-corrected chi connectivity index (χ2v) is 6.94. The van der Waals surface area contributed by atoms with E-state index < -0.39 is 5.54 Å². The average Bonchev–Trinajstić information content (AvgIpc) is 3.17. The number of urea groups is 1. The van der Waals surface area contributed by atoms with Crippen LogP contribution in [0.2, 0.25) is 0 Å². The molecule has 0 saturated carbocycles. The van der Waals surface area contributed by atoms with E-state index in [0.717, 1.165) is 29.6 Å². The molecule has 1 aliphatic carbocycles. The Morgan fingerprint density at radius 3 is 2.85 bits per heavy atom. The molecule has 0 radical (unpaired) electrons. The fraction of sp³-hybridized carbons (Fsp3) is 0.250. The Kier molecular flexibility index (Phi) is 3.16. The van der Waals surface area contributed by atoms with Gasteiger partial charge in [0.25, 0.3) is 5.91 Å². The number of aromatic nitrogens is 2. The molecule has 6 nitrogen and oxygen atoms in total. The van der Waals surface area contributed by atoms with Crippen molar-refractivity contribution in [2.75, 3.05) is 0 Å². The summed E-state index contributed by atoms with van der Waals surface area (Å²) in [6.07, 6.45) is 6.21. The standard InChI is InChI=1S/C20H18N4O2/c25-18-20(10-5-7-14-6-1-2-8-16(14)20)22-19(26)24(18)13-15-12-23-11-4-3-9-17(23)21-15/h1-4,6,8-9,11-12H,5,7,10,13H2,(H,22,26)/t20-/m1/s1. The highest BCUT2D eigenvalue weighted by Gasteiger charge is 2.53. The highest BCUT2D eigenvalue weighted by atomic mass is 16.2. The number of carbonyl (C=O) groups excluding carboxylic acids is 2. The fourth-order valence-electron chi connectivity index (χ4n) is 4.18. The number of benzene rings is 1. The van der Waals surface area contributed by atoms with Crippen molar-refractivity contribution in [2.45, 2.75) is 31.3 Å². The van der Waals surface area contributed by atoms with Gasteiger partial charge in [-0.1, -0.05) is 30.3 Å². The zero-order valence-electron chi connectivity index (χ0n) is 14.2. The number of hydrogen-bond acceptors (Lipinski definition) is 3. The highest BCUT2D eigenvalue weighted by Crippen LogP contribution is 2.40. The smallest absolute Gasteiger partial charge is 0.319 e. The van der Waals surface area contributed by atoms with Gasteiger partial charge < -0.3 is 9.72 Å². The third kappa shape index (κ3) is 2.08. The van der Waals surface area contributed by atoms with E-state index in [4.69, 9.17) is 0 Å². The molecule has 130 valence electrons. The Morgan fingerprint density at radius 1 is 1.12 bits per heavy atom. The van der Waals surface area contributed by atoms with Crippen LogP contribution in [0, 0.1) is 0 Å². The molecule has 2 aromatic heterocycles. The minimum absolute atomic E-state index is 0.174. The van der Waals surface area contributed by atoms with Crippen LogP contribution in [-0.2, 0) is 23.3 Å². The van der Waals surface area contributed by atoms with Gasteiger partial charge in [-0.3, -0.25) is 9.69 Å². The lowest BCUT2D eigenvalue weighted by Gasteiger charge is -2.33. The van der Waals surface area contributed by atoms with Crippen molar-refractivity contribution in [3.05, 3.63) is 71.7 Å². The second-order valence-electron chi connectivity index (χ2n) is 6.94. The van der Waals surface area contributed by atoms with Crippen molar-refractivity contribution in [3.63, 3.8) is 0 Å². The van der Waals surface area contributed by atoms with E-state index in [2.05, 4.69) is 10.3 Å². The van der Waals surface area contributed by atoms with Gasteiger partial charge in [0.2, 0.25) is 0 Å². The van der Waals surface area contributed by atoms with E-state index in [1.165, 1.54) is 4.90 Å². The summed E-state index contributed by atoms with van der Waals surface area (Å²) in [7, 11) is 0. The fourth-order valence-corrected chi connectivity index (χ4v) is 4.18. The van der Waals surface area contributed by atoms with Crippen molar-refractivity contribution in [3.8, 4) is 0 Å². The maximum atomic E-state index is 13.3. The number of nitrogens with one attached hydrogen (secondary N) is 1. The maximum absolute atomic E-state index is 13.3. The van der Waals surface area contributed by atoms with E-state index in [1.807, 2.05) is 59.3 Å². The van der Waals surface area contributed by atoms with Gasteiger partial charge in [-0.2, -0.15) is 0 Å². The lowest BCUT2D eigenvalue weighted by Crippen LogP contribution is -2.46. The number of imidazole rings is 1. The first-order valence-corrected chi connectivity index (χ1v) is 8.82. The molecule has 1 aliphatic heterocycles. The van der Waals surface area contributed by atoms with Crippen molar-refractivity contribution < 1.29 is 9.59 Å². The maximum Gasteiger partial charge on any atom is 0.325 e. The first kappa shape index (κ1) is 15.1. The average molecular weight is 346 g/mol. The number of amides is 3. The topological polar surface area (TPSA) is 66.7 Å². The van der Waals surface area contributed by atoms with Crippen LogP contribution < -0.4 is 5.32 Å². The lowest BCUT2D eigenvalue weighted by molar-refractivity contribution is -0.132. The predicted molar refractivity (Wildman–Crippen MR) is 95.3 cm³/mol. The minimum atomic E-state index is -0.926. The monoisotopic (exact) mass is 346 g/mol. The molecular weight excluding hydrogens is 328 g/mol. The summed E-state index contributed by atoms with van der Waals surface area (Å²) in [4.78, 5) is 31.7. The van der Waals surface area contributed by atoms with Crippen LogP contribution in [0.1, 0.15) is 29.7 Å². The summed E-state index contributed by atoms with van der Waals surface area (Å²) in [5, 5.41) is 2.98. The first-order chi connectivity index (χ1) is 12.7. The molecule has 3 amide bonds. The molecule has 3 aromatic rings. The highest BCUT2D eigenvalue weighted by molar-refractivity contribution is 6.07. The van der Waals surface area contributed by atoms with Gasteiger partial charge in [0, 0.05) is 12.4 Å². The van der Waals surface area contributed by atoms with Crippen molar-refractivity contribution >= 4 is 17.6 Å². The number of imide groups is 1. The van der Waals surface area contributed by atoms with Crippen LogP contribution in [0.5, 0.6) is 0 Å². The third-order valence-electron chi connectivity index (χ3n) is 5.38. The number of fused-ring (bicyclic) bond motifs is 3. The Balaban J connectivity index is 1.51. The van der Waals surface area contributed by atoms with E-state index in [9.17, 15) is 9.59 Å². The van der Waals surface area contributed by atoms with Gasteiger partial charge in [-0.25, -0.2) is 9.78 Å². The summed E-state index contributed by atoms with van der Waals surface area (Å²) in [5.41, 5.74) is 2.64. The number of nitrogens with zero attached hydrogens (tertiary/aromatic N) is 3. The van der Waals surface area contributed by atoms with E-state index in [-0.39, 0.29) is 18.5 Å². The summed E-state index contributed by atoms with van der Waals surface area (Å²) < 4.78 is 1.89. The Hall–Kier alpha value is -3.15. The van der Waals surface area contributed by atoms with Crippen LogP contribution in [0.25, 0.3) is 5.65 Å². The Morgan fingerprint density at radius 2 is 1.96 bits per heavy atom. The zero-order chi connectivity index (χ0) is 17.7. The van der Waals surface area contributed by atoms with Crippen LogP contribution in [0.3, 0.4) is 0 Å². The molecule has 1 atom stereocenters. The molecule has 1 aromatic carbocycles. The van der Waals surface area contributed by atoms with Gasteiger partial charge in [0.05, 0.1) is 12.2 Å². The molecule has 3 heterocycles. The number of aryl methyl sites for hydroxylation is 1. The Bertz CT molecular complexity index is 1010. The molecule has 5 rings (SSSR count). The van der Waals surface area contributed by atoms with Gasteiger partial charge in [-0.05, 0) is 42.5 Å². The first-order valence-electron chi connectivity index (χ1n) is 8.82. The molecule has 2 aliphatic rings. The lowest BCUT2D eigenvalue weighted by atomic mass is 9.76. The second kappa shape index (κ2) is 5.42. The molecule has 1 saturated heterocycles. The van der Waals surface area contributed by atoms with Gasteiger partial charge in [0.15, 0.2) is 0 Å². The normalized spacial score (nSPS) is 22.1. The van der Waals surface area contributed by atoms with E-state index in [0.29, 0.717) is 12.1 Å². The van der Waals surface area contributed by atoms with E-state index >= 15 is 0 Å². The zero-order valence-corrected chi connectivity index (χ0v) is 14.2. The SMILES string of the molecule is O=C1N[C@@]2(CCCc3ccccc32)C(=O)N1Cc1cn2ccccc2n1. The van der Waals surface area contributed by atoms with Crippen LogP contribution in [0.4, 0.5) is 4.79 Å². The quantitative estimate of drug-likeness (QED) is 0.726. The number of carbonyl (C=O) groups is 2. The summed E-state index contributed by atoms with van der Waals surface area (Å²) in [6.45, 7) is 0.177. The van der Waals surface area contributed by atoms with Crippen LogP contribution in [-0.4, -0.2) is 26.2 Å². The molecule has 0 unspecified atom stereocenters. The van der Waals surface area contributed by atoms with Crippen LogP contribution >= 0.6 is 0 Å². The van der Waals surface area contributed by atoms with Crippen molar-refractivity contribution in [2.24, 2.45) is 0 Å². The van der Waals surface area contributed by atoms with Gasteiger partial charge in [0.1, 0.15) is 11.2 Å². The molecule has 26 heavy (non-hydrogen) atoms. The summed E-state index contributed by atoms with van der Waals surface area (Å²) in [5.74, 6) is -0.174. The molecule has 6 heteroatoms. The molecule has 0 bridgehead atoms. The minimum Gasteiger partial charge on any atom is -0.319 e. The third-order valence-corrected chi connectivity index (χ3v) is 5.38. The molecule has 1 N–H and O–H groups in total. The van der Waals surface area contributed by atoms with Crippen molar-refractivity contribution in [1.82, 2.24) is 19.6 Å². The van der Waals surface area contributed by atoms with Gasteiger partial charge >= 0.3 is 6.03 Å².